The average molecular weight is 454 g/mol. The number of Topliss-reactive ketones (excluding diaryl/α,β-unsaturated/α-hetero) is 1. The van der Waals surface area contributed by atoms with Gasteiger partial charge in [0.25, 0.3) is 5.91 Å². The van der Waals surface area contributed by atoms with Crippen LogP contribution in [0.25, 0.3) is 22.3 Å². The minimum absolute atomic E-state index is 0.00631. The van der Waals surface area contributed by atoms with Crippen LogP contribution in [-0.2, 0) is 6.54 Å². The first kappa shape index (κ1) is 21.8. The molecule has 2 aromatic heterocycles. The highest BCUT2D eigenvalue weighted by Gasteiger charge is 2.25. The average Bonchev–Trinajstić information content (AvgIpc) is 3.31. The van der Waals surface area contributed by atoms with E-state index in [0.29, 0.717) is 30.8 Å². The quantitative estimate of drug-likeness (QED) is 0.422. The SMILES string of the molecule is CCn1ncc2c(C(=O)N3CCN(c4ccc(C(C)=O)cc4)CC3)cc(-c3ccccc3)nc21. The maximum atomic E-state index is 13.7. The number of carbonyl (C=O) groups excluding carboxylic acids is 2. The third kappa shape index (κ3) is 4.05. The number of hydrogen-bond acceptors (Lipinski definition) is 5. The first-order valence-electron chi connectivity index (χ1n) is 11.6. The fraction of sp³-hybridized carbons (Fsp3) is 0.259. The predicted molar refractivity (Wildman–Crippen MR) is 133 cm³/mol. The molecule has 2 aromatic carbocycles. The van der Waals surface area contributed by atoms with E-state index < -0.39 is 0 Å². The van der Waals surface area contributed by atoms with Gasteiger partial charge in [0.1, 0.15) is 0 Å². The second kappa shape index (κ2) is 9.09. The largest absolute Gasteiger partial charge is 0.368 e. The lowest BCUT2D eigenvalue weighted by Crippen LogP contribution is -2.48. The van der Waals surface area contributed by atoms with Crippen LogP contribution in [0.1, 0.15) is 34.6 Å². The van der Waals surface area contributed by atoms with E-state index in [-0.39, 0.29) is 11.7 Å². The van der Waals surface area contributed by atoms with Crippen molar-refractivity contribution in [1.29, 1.82) is 0 Å². The molecule has 0 aliphatic carbocycles. The van der Waals surface area contributed by atoms with Crippen molar-refractivity contribution in [2.45, 2.75) is 20.4 Å². The zero-order valence-electron chi connectivity index (χ0n) is 19.4. The second-order valence-electron chi connectivity index (χ2n) is 8.50. The van der Waals surface area contributed by atoms with E-state index in [0.717, 1.165) is 41.1 Å². The summed E-state index contributed by atoms with van der Waals surface area (Å²) in [6.07, 6.45) is 1.75. The van der Waals surface area contributed by atoms with Gasteiger partial charge in [-0.05, 0) is 44.2 Å². The summed E-state index contributed by atoms with van der Waals surface area (Å²) < 4.78 is 1.83. The molecule has 34 heavy (non-hydrogen) atoms. The van der Waals surface area contributed by atoms with Crippen molar-refractivity contribution in [3.05, 3.63) is 78.0 Å². The summed E-state index contributed by atoms with van der Waals surface area (Å²) in [5, 5.41) is 5.25. The minimum atomic E-state index is 0.00631. The third-order valence-electron chi connectivity index (χ3n) is 6.41. The Labute approximate surface area is 198 Å². The molecule has 7 heteroatoms. The Bertz CT molecular complexity index is 1340. The Morgan fingerprint density at radius 2 is 1.65 bits per heavy atom. The van der Waals surface area contributed by atoms with Gasteiger partial charge in [0.15, 0.2) is 11.4 Å². The van der Waals surface area contributed by atoms with E-state index in [9.17, 15) is 9.59 Å². The van der Waals surface area contributed by atoms with E-state index >= 15 is 0 Å². The highest BCUT2D eigenvalue weighted by Crippen LogP contribution is 2.27. The molecule has 1 aliphatic heterocycles. The molecule has 0 atom stereocenters. The summed E-state index contributed by atoms with van der Waals surface area (Å²) in [5.41, 5.74) is 4.90. The number of hydrogen-bond donors (Lipinski definition) is 0. The fourth-order valence-corrected chi connectivity index (χ4v) is 4.46. The molecular formula is C27H27N5O2. The molecule has 0 radical (unpaired) electrons. The van der Waals surface area contributed by atoms with Crippen molar-refractivity contribution in [2.75, 3.05) is 31.1 Å². The summed E-state index contributed by atoms with van der Waals surface area (Å²) in [4.78, 5) is 34.2. The summed E-state index contributed by atoms with van der Waals surface area (Å²) in [5.74, 6) is 0.0683. The van der Waals surface area contributed by atoms with Crippen molar-refractivity contribution >= 4 is 28.4 Å². The number of carbonyl (C=O) groups is 2. The lowest BCUT2D eigenvalue weighted by Gasteiger charge is -2.36. The fourth-order valence-electron chi connectivity index (χ4n) is 4.46. The Morgan fingerprint density at radius 1 is 0.941 bits per heavy atom. The number of fused-ring (bicyclic) bond motifs is 1. The third-order valence-corrected chi connectivity index (χ3v) is 6.41. The van der Waals surface area contributed by atoms with Crippen LogP contribution in [0.4, 0.5) is 5.69 Å². The molecular weight excluding hydrogens is 426 g/mol. The van der Waals surface area contributed by atoms with Crippen LogP contribution >= 0.6 is 0 Å². The van der Waals surface area contributed by atoms with E-state index in [4.69, 9.17) is 4.98 Å². The topological polar surface area (TPSA) is 71.3 Å². The molecule has 7 nitrogen and oxygen atoms in total. The number of ketones is 1. The van der Waals surface area contributed by atoms with Crippen LogP contribution in [0.3, 0.4) is 0 Å². The van der Waals surface area contributed by atoms with Gasteiger partial charge in [-0.1, -0.05) is 30.3 Å². The van der Waals surface area contributed by atoms with Gasteiger partial charge in [-0.3, -0.25) is 9.59 Å². The summed E-state index contributed by atoms with van der Waals surface area (Å²) in [7, 11) is 0. The first-order valence-corrected chi connectivity index (χ1v) is 11.6. The smallest absolute Gasteiger partial charge is 0.254 e. The lowest BCUT2D eigenvalue weighted by molar-refractivity contribution is 0.0748. The number of nitrogens with zero attached hydrogens (tertiary/aromatic N) is 5. The number of amides is 1. The molecule has 0 spiro atoms. The maximum Gasteiger partial charge on any atom is 0.254 e. The summed E-state index contributed by atoms with van der Waals surface area (Å²) >= 11 is 0. The zero-order chi connectivity index (χ0) is 23.7. The predicted octanol–water partition coefficient (Wildman–Crippen LogP) is 4.28. The Kier molecular flexibility index (Phi) is 5.84. The van der Waals surface area contributed by atoms with Crippen molar-refractivity contribution in [1.82, 2.24) is 19.7 Å². The number of aryl methyl sites for hydroxylation is 1. The van der Waals surface area contributed by atoms with Gasteiger partial charge < -0.3 is 9.80 Å². The van der Waals surface area contributed by atoms with Gasteiger partial charge >= 0.3 is 0 Å². The van der Waals surface area contributed by atoms with Gasteiger partial charge in [-0.2, -0.15) is 5.10 Å². The van der Waals surface area contributed by atoms with Crippen molar-refractivity contribution in [3.63, 3.8) is 0 Å². The van der Waals surface area contributed by atoms with E-state index in [1.807, 2.05) is 77.2 Å². The van der Waals surface area contributed by atoms with Crippen LogP contribution < -0.4 is 4.90 Å². The molecule has 0 saturated carbocycles. The van der Waals surface area contributed by atoms with Gasteiger partial charge in [0.2, 0.25) is 0 Å². The molecule has 4 aromatic rings. The molecule has 1 amide bonds. The Hall–Kier alpha value is -4.00. The van der Waals surface area contributed by atoms with Gasteiger partial charge in [0, 0.05) is 49.5 Å². The van der Waals surface area contributed by atoms with E-state index in [1.54, 1.807) is 13.1 Å². The minimum Gasteiger partial charge on any atom is -0.368 e. The van der Waals surface area contributed by atoms with Gasteiger partial charge in [0.05, 0.1) is 22.8 Å². The number of benzene rings is 2. The molecule has 1 fully saturated rings. The van der Waals surface area contributed by atoms with Gasteiger partial charge in [-0.15, -0.1) is 0 Å². The molecule has 5 rings (SSSR count). The first-order chi connectivity index (χ1) is 16.5. The molecule has 172 valence electrons. The van der Waals surface area contributed by atoms with E-state index in [2.05, 4.69) is 10.00 Å². The highest BCUT2D eigenvalue weighted by atomic mass is 16.2. The van der Waals surface area contributed by atoms with Crippen LogP contribution in [0, 0.1) is 0 Å². The molecule has 3 heterocycles. The van der Waals surface area contributed by atoms with Crippen molar-refractivity contribution in [3.8, 4) is 11.3 Å². The Morgan fingerprint density at radius 3 is 2.29 bits per heavy atom. The second-order valence-corrected chi connectivity index (χ2v) is 8.50. The molecule has 1 saturated heterocycles. The molecule has 0 bridgehead atoms. The molecule has 0 N–H and O–H groups in total. The van der Waals surface area contributed by atoms with Crippen LogP contribution in [0.5, 0.6) is 0 Å². The zero-order valence-corrected chi connectivity index (χ0v) is 19.4. The Balaban J connectivity index is 1.40. The van der Waals surface area contributed by atoms with Crippen LogP contribution in [-0.4, -0.2) is 57.5 Å². The number of rotatable bonds is 5. The van der Waals surface area contributed by atoms with Crippen LogP contribution in [0.2, 0.25) is 0 Å². The van der Waals surface area contributed by atoms with Crippen LogP contribution in [0.15, 0.2) is 66.9 Å². The standard InChI is InChI=1S/C27H27N5O2/c1-3-32-26-24(18-28-32)23(17-25(29-26)21-7-5-4-6-8-21)27(34)31-15-13-30(14-16-31)22-11-9-20(10-12-22)19(2)33/h4-12,17-18H,3,13-16H2,1-2H3. The van der Waals surface area contributed by atoms with Crippen molar-refractivity contribution < 1.29 is 9.59 Å². The lowest BCUT2D eigenvalue weighted by atomic mass is 10.1. The summed E-state index contributed by atoms with van der Waals surface area (Å²) in [6.45, 7) is 7.00. The molecule has 0 unspecified atom stereocenters. The van der Waals surface area contributed by atoms with Crippen molar-refractivity contribution in [2.24, 2.45) is 0 Å². The monoisotopic (exact) mass is 453 g/mol. The number of aromatic nitrogens is 3. The number of pyridine rings is 1. The van der Waals surface area contributed by atoms with Gasteiger partial charge in [-0.25, -0.2) is 9.67 Å². The maximum absolute atomic E-state index is 13.7. The number of piperazine rings is 1. The molecule has 1 aliphatic rings. The van der Waals surface area contributed by atoms with E-state index in [1.165, 1.54) is 0 Å². The number of anilines is 1. The summed E-state index contributed by atoms with van der Waals surface area (Å²) in [6, 6.07) is 19.5. The highest BCUT2D eigenvalue weighted by molar-refractivity contribution is 6.06. The normalized spacial score (nSPS) is 13.9.